The summed E-state index contributed by atoms with van der Waals surface area (Å²) in [5.74, 6) is -0.607. The van der Waals surface area contributed by atoms with Crippen LogP contribution in [0.25, 0.3) is 6.08 Å². The molecule has 5 nitrogen and oxygen atoms in total. The summed E-state index contributed by atoms with van der Waals surface area (Å²) < 4.78 is 18.3. The van der Waals surface area contributed by atoms with E-state index in [1.165, 1.54) is 30.3 Å². The number of hydrogen-bond donors (Lipinski definition) is 1. The number of phenolic OH excluding ortho intramolecular Hbond substituents is 1. The summed E-state index contributed by atoms with van der Waals surface area (Å²) in [6.07, 6.45) is 1.47. The van der Waals surface area contributed by atoms with Gasteiger partial charge in [0.2, 0.25) is 0 Å². The molecule has 1 aliphatic rings. The maximum Gasteiger partial charge on any atom is 0.293 e. The number of imide groups is 1. The highest BCUT2D eigenvalue weighted by Crippen LogP contribution is 2.37. The number of amides is 2. The highest BCUT2D eigenvalue weighted by atomic mass is 32.2. The van der Waals surface area contributed by atoms with Gasteiger partial charge in [-0.15, -0.1) is 0 Å². The fourth-order valence-electron chi connectivity index (χ4n) is 2.48. The van der Waals surface area contributed by atoms with Gasteiger partial charge in [0.1, 0.15) is 5.82 Å². The molecule has 134 valence electrons. The molecule has 1 saturated heterocycles. The van der Waals surface area contributed by atoms with E-state index >= 15 is 0 Å². The molecule has 0 aromatic heterocycles. The van der Waals surface area contributed by atoms with Crippen molar-refractivity contribution >= 4 is 29.0 Å². The molecule has 1 heterocycles. The van der Waals surface area contributed by atoms with Gasteiger partial charge in [-0.05, 0) is 48.5 Å². The number of carbonyl (C=O) groups excluding carboxylic acids is 2. The van der Waals surface area contributed by atoms with E-state index in [-0.39, 0.29) is 23.0 Å². The van der Waals surface area contributed by atoms with Crippen molar-refractivity contribution in [2.45, 2.75) is 13.5 Å². The Balaban J connectivity index is 1.83. The summed E-state index contributed by atoms with van der Waals surface area (Å²) in [7, 11) is 0. The Bertz CT molecular complexity index is 880. The van der Waals surface area contributed by atoms with E-state index in [0.717, 1.165) is 16.7 Å². The number of hydrogen-bond acceptors (Lipinski definition) is 5. The van der Waals surface area contributed by atoms with Gasteiger partial charge in [-0.2, -0.15) is 0 Å². The molecule has 2 amide bonds. The van der Waals surface area contributed by atoms with Gasteiger partial charge >= 0.3 is 0 Å². The minimum absolute atomic E-state index is 0.0628. The van der Waals surface area contributed by atoms with Crippen LogP contribution in [0.2, 0.25) is 0 Å². The molecular formula is C19H16FNO4S. The average Bonchev–Trinajstić information content (AvgIpc) is 2.88. The lowest BCUT2D eigenvalue weighted by Gasteiger charge is -2.12. The molecule has 26 heavy (non-hydrogen) atoms. The first-order valence-electron chi connectivity index (χ1n) is 7.94. The molecule has 0 atom stereocenters. The van der Waals surface area contributed by atoms with Gasteiger partial charge in [-0.3, -0.25) is 14.5 Å². The number of ether oxygens (including phenoxy) is 1. The van der Waals surface area contributed by atoms with Crippen molar-refractivity contribution in [2.75, 3.05) is 6.61 Å². The van der Waals surface area contributed by atoms with Gasteiger partial charge in [-0.1, -0.05) is 24.3 Å². The highest BCUT2D eigenvalue weighted by Gasteiger charge is 2.35. The van der Waals surface area contributed by atoms with Crippen LogP contribution in [-0.4, -0.2) is 27.8 Å². The Hall–Kier alpha value is -2.80. The maximum atomic E-state index is 13.0. The van der Waals surface area contributed by atoms with Crippen molar-refractivity contribution in [2.24, 2.45) is 0 Å². The third-order valence-corrected chi connectivity index (χ3v) is 4.65. The normalized spacial score (nSPS) is 15.8. The number of para-hydroxylation sites is 1. The van der Waals surface area contributed by atoms with Crippen LogP contribution in [0.3, 0.4) is 0 Å². The summed E-state index contributed by atoms with van der Waals surface area (Å²) in [5, 5.41) is 9.82. The number of thioether (sulfide) groups is 1. The third-order valence-electron chi connectivity index (χ3n) is 3.74. The predicted octanol–water partition coefficient (Wildman–Crippen LogP) is 4.17. The van der Waals surface area contributed by atoms with Crippen LogP contribution in [-0.2, 0) is 11.3 Å². The van der Waals surface area contributed by atoms with Crippen molar-refractivity contribution in [3.63, 3.8) is 0 Å². The third kappa shape index (κ3) is 3.72. The van der Waals surface area contributed by atoms with Crippen molar-refractivity contribution < 1.29 is 23.8 Å². The van der Waals surface area contributed by atoms with Gasteiger partial charge in [0.05, 0.1) is 18.1 Å². The summed E-state index contributed by atoms with van der Waals surface area (Å²) in [6.45, 7) is 2.26. The van der Waals surface area contributed by atoms with Crippen molar-refractivity contribution in [3.8, 4) is 11.5 Å². The Morgan fingerprint density at radius 3 is 2.62 bits per heavy atom. The molecular weight excluding hydrogens is 357 g/mol. The summed E-state index contributed by atoms with van der Waals surface area (Å²) >= 11 is 0.799. The fourth-order valence-corrected chi connectivity index (χ4v) is 3.31. The second-order valence-corrected chi connectivity index (χ2v) is 6.51. The summed E-state index contributed by atoms with van der Waals surface area (Å²) in [6, 6.07) is 10.6. The zero-order chi connectivity index (χ0) is 18.7. The van der Waals surface area contributed by atoms with Crippen LogP contribution >= 0.6 is 11.8 Å². The molecule has 7 heteroatoms. The number of phenols is 1. The quantitative estimate of drug-likeness (QED) is 0.797. The molecule has 1 N–H and O–H groups in total. The monoisotopic (exact) mass is 373 g/mol. The van der Waals surface area contributed by atoms with Crippen LogP contribution in [0.5, 0.6) is 11.5 Å². The van der Waals surface area contributed by atoms with E-state index in [2.05, 4.69) is 0 Å². The lowest BCUT2D eigenvalue weighted by molar-refractivity contribution is -0.123. The summed E-state index contributed by atoms with van der Waals surface area (Å²) in [5.41, 5.74) is 1.04. The maximum absolute atomic E-state index is 13.0. The first-order valence-corrected chi connectivity index (χ1v) is 8.76. The van der Waals surface area contributed by atoms with Crippen LogP contribution in [0.15, 0.2) is 47.4 Å². The minimum atomic E-state index is -0.453. The van der Waals surface area contributed by atoms with E-state index in [9.17, 15) is 19.1 Å². The van der Waals surface area contributed by atoms with Crippen LogP contribution in [0.1, 0.15) is 18.1 Å². The molecule has 2 aromatic carbocycles. The second kappa shape index (κ2) is 7.61. The van der Waals surface area contributed by atoms with Crippen LogP contribution in [0, 0.1) is 5.82 Å². The van der Waals surface area contributed by atoms with Gasteiger partial charge < -0.3 is 9.84 Å². The van der Waals surface area contributed by atoms with E-state index in [1.54, 1.807) is 25.1 Å². The van der Waals surface area contributed by atoms with E-state index in [4.69, 9.17) is 4.74 Å². The van der Waals surface area contributed by atoms with E-state index < -0.39 is 11.1 Å². The molecule has 0 saturated carbocycles. The molecule has 3 rings (SSSR count). The molecule has 0 bridgehead atoms. The molecule has 0 spiro atoms. The lowest BCUT2D eigenvalue weighted by atomic mass is 10.1. The SMILES string of the molecule is CCOc1cccc(/C=C2/SC(=O)N(Cc3ccc(F)cc3)C2=O)c1O. The first-order chi connectivity index (χ1) is 12.5. The average molecular weight is 373 g/mol. The van der Waals surface area contributed by atoms with Gasteiger partial charge in [-0.25, -0.2) is 4.39 Å². The van der Waals surface area contributed by atoms with Gasteiger partial charge in [0.15, 0.2) is 11.5 Å². The highest BCUT2D eigenvalue weighted by molar-refractivity contribution is 8.18. The number of halogens is 1. The van der Waals surface area contributed by atoms with Gasteiger partial charge in [0, 0.05) is 5.56 Å². The largest absolute Gasteiger partial charge is 0.504 e. The Labute approximate surface area is 154 Å². The number of carbonyl (C=O) groups is 2. The number of aromatic hydroxyl groups is 1. The summed E-state index contributed by atoms with van der Waals surface area (Å²) in [4.78, 5) is 26.0. The van der Waals surface area contributed by atoms with Crippen LogP contribution < -0.4 is 4.74 Å². The number of benzene rings is 2. The first kappa shape index (κ1) is 18.0. The predicted molar refractivity (Wildman–Crippen MR) is 97.2 cm³/mol. The fraction of sp³-hybridized carbons (Fsp3) is 0.158. The van der Waals surface area contributed by atoms with Crippen molar-refractivity contribution in [1.29, 1.82) is 0 Å². The standard InChI is InChI=1S/C19H16FNO4S/c1-2-25-15-5-3-4-13(17(15)22)10-16-18(23)21(19(24)26-16)11-12-6-8-14(20)9-7-12/h3-10,22H,2,11H2,1H3/b16-10+. The number of nitrogens with zero attached hydrogens (tertiary/aromatic N) is 1. The van der Waals surface area contributed by atoms with E-state index in [0.29, 0.717) is 23.5 Å². The zero-order valence-electron chi connectivity index (χ0n) is 13.9. The smallest absolute Gasteiger partial charge is 0.293 e. The van der Waals surface area contributed by atoms with E-state index in [1.807, 2.05) is 0 Å². The molecule has 1 fully saturated rings. The molecule has 2 aromatic rings. The zero-order valence-corrected chi connectivity index (χ0v) is 14.8. The molecule has 0 radical (unpaired) electrons. The minimum Gasteiger partial charge on any atom is -0.504 e. The van der Waals surface area contributed by atoms with Crippen LogP contribution in [0.4, 0.5) is 9.18 Å². The molecule has 0 unspecified atom stereocenters. The Kier molecular flexibility index (Phi) is 5.27. The second-order valence-electron chi connectivity index (χ2n) is 5.52. The van der Waals surface area contributed by atoms with Gasteiger partial charge in [0.25, 0.3) is 11.1 Å². The topological polar surface area (TPSA) is 66.8 Å². The lowest BCUT2D eigenvalue weighted by Crippen LogP contribution is -2.27. The molecule has 0 aliphatic carbocycles. The molecule has 1 aliphatic heterocycles. The van der Waals surface area contributed by atoms with Crippen molar-refractivity contribution in [1.82, 2.24) is 4.90 Å². The Morgan fingerprint density at radius 1 is 1.19 bits per heavy atom. The van der Waals surface area contributed by atoms with Crippen molar-refractivity contribution in [3.05, 3.63) is 64.3 Å². The Morgan fingerprint density at radius 2 is 1.92 bits per heavy atom. The number of rotatable bonds is 5.